The number of unbranched alkanes of at least 4 members (excludes halogenated alkanes) is 2. The van der Waals surface area contributed by atoms with Crippen molar-refractivity contribution in [1.82, 2.24) is 9.88 Å². The van der Waals surface area contributed by atoms with Gasteiger partial charge < -0.3 is 14.6 Å². The highest BCUT2D eigenvalue weighted by Crippen LogP contribution is 2.62. The topological polar surface area (TPSA) is 43.3 Å². The van der Waals surface area contributed by atoms with Crippen LogP contribution in [0.3, 0.4) is 0 Å². The van der Waals surface area contributed by atoms with Crippen LogP contribution in [0.4, 0.5) is 0 Å². The second-order valence-corrected chi connectivity index (χ2v) is 10.5. The minimum atomic E-state index is 0.0758. The van der Waals surface area contributed by atoms with Crippen LogP contribution in [0.5, 0.6) is 5.75 Å². The predicted octanol–water partition coefficient (Wildman–Crippen LogP) is 6.09. The van der Waals surface area contributed by atoms with Crippen molar-refractivity contribution in [2.45, 2.75) is 85.7 Å². The Morgan fingerprint density at radius 2 is 2.03 bits per heavy atom. The number of hydrogen-bond acceptors (Lipinski definition) is 2. The third kappa shape index (κ3) is 3.14. The second-order valence-electron chi connectivity index (χ2n) is 10.5. The molecule has 1 aromatic heterocycles. The Hall–Kier alpha value is -1.97. The lowest BCUT2D eigenvalue weighted by molar-refractivity contribution is 0.0738. The van der Waals surface area contributed by atoms with E-state index in [1.165, 1.54) is 32.1 Å². The largest absolute Gasteiger partial charge is 0.495 e. The molecule has 2 aliphatic carbocycles. The molecule has 4 heteroatoms. The number of nitrogens with one attached hydrogen (secondary N) is 1. The highest BCUT2D eigenvalue weighted by molar-refractivity contribution is 6.09. The van der Waals surface area contributed by atoms with E-state index in [1.807, 2.05) is 12.1 Å². The van der Waals surface area contributed by atoms with Gasteiger partial charge in [0.05, 0.1) is 18.2 Å². The third-order valence-corrected chi connectivity index (χ3v) is 8.28. The van der Waals surface area contributed by atoms with Crippen molar-refractivity contribution in [3.8, 4) is 5.75 Å². The average Bonchev–Trinajstić information content (AvgIpc) is 3.30. The van der Waals surface area contributed by atoms with Crippen LogP contribution in [0.15, 0.2) is 18.2 Å². The van der Waals surface area contributed by atoms with Crippen LogP contribution in [0, 0.1) is 23.7 Å². The Bertz CT molecular complexity index is 953. The van der Waals surface area contributed by atoms with Gasteiger partial charge in [0.2, 0.25) is 0 Å². The fourth-order valence-corrected chi connectivity index (χ4v) is 6.62. The number of carbonyl (C=O) groups is 1. The van der Waals surface area contributed by atoms with Crippen LogP contribution in [0.2, 0.25) is 0 Å². The molecule has 0 radical (unpaired) electrons. The van der Waals surface area contributed by atoms with Crippen molar-refractivity contribution in [2.24, 2.45) is 16.7 Å². The number of amides is 1. The van der Waals surface area contributed by atoms with Crippen molar-refractivity contribution in [3.63, 3.8) is 0 Å². The summed E-state index contributed by atoms with van der Waals surface area (Å²) in [6, 6.07) is 6.29. The van der Waals surface area contributed by atoms with Crippen molar-refractivity contribution in [3.05, 3.63) is 29.5 Å². The number of carbonyl (C=O) groups excluding carboxylic acids is 1. The number of aromatic nitrogens is 1. The van der Waals surface area contributed by atoms with Gasteiger partial charge in [0.25, 0.3) is 5.91 Å². The number of nitrogens with zero attached hydrogens (tertiary/aromatic N) is 1. The van der Waals surface area contributed by atoms with E-state index in [2.05, 4.69) is 50.6 Å². The number of hydrogen-bond donors (Lipinski definition) is 1. The lowest BCUT2D eigenvalue weighted by atomic mass is 9.68. The van der Waals surface area contributed by atoms with Gasteiger partial charge in [0.1, 0.15) is 5.75 Å². The monoisotopic (exact) mass is 410 g/mol. The first kappa shape index (κ1) is 21.3. The quantitative estimate of drug-likeness (QED) is 0.561. The molecule has 1 unspecified atom stereocenters. The SMILES string of the molecule is CCCCCn1c(C)c(C(=O)NC2C(C)(C)[C@@H]3CC[C@@]2(C)C3)c2cccc(OC)c21. The Kier molecular flexibility index (Phi) is 5.40. The summed E-state index contributed by atoms with van der Waals surface area (Å²) in [5, 5.41) is 4.52. The first-order chi connectivity index (χ1) is 14.2. The van der Waals surface area contributed by atoms with Gasteiger partial charge >= 0.3 is 0 Å². The van der Waals surface area contributed by atoms with Crippen LogP contribution in [-0.4, -0.2) is 23.6 Å². The maximum Gasteiger partial charge on any atom is 0.253 e. The summed E-state index contributed by atoms with van der Waals surface area (Å²) in [4.78, 5) is 13.7. The number of benzene rings is 1. The normalized spacial score (nSPS) is 27.0. The number of para-hydroxylation sites is 1. The first-order valence-electron chi connectivity index (χ1n) is 11.7. The van der Waals surface area contributed by atoms with Gasteiger partial charge in [-0.1, -0.05) is 52.7 Å². The van der Waals surface area contributed by atoms with E-state index in [4.69, 9.17) is 4.74 Å². The summed E-state index contributed by atoms with van der Waals surface area (Å²) in [6.45, 7) is 12.3. The van der Waals surface area contributed by atoms with Gasteiger partial charge in [-0.3, -0.25) is 4.79 Å². The van der Waals surface area contributed by atoms with Crippen molar-refractivity contribution in [2.75, 3.05) is 7.11 Å². The maximum absolute atomic E-state index is 13.7. The number of aryl methyl sites for hydroxylation is 1. The Morgan fingerprint density at radius 3 is 2.67 bits per heavy atom. The molecule has 2 aliphatic rings. The second kappa shape index (κ2) is 7.62. The zero-order valence-electron chi connectivity index (χ0n) is 19.6. The molecule has 1 N–H and O–H groups in total. The molecule has 2 saturated carbocycles. The van der Waals surface area contributed by atoms with Gasteiger partial charge in [-0.25, -0.2) is 0 Å². The van der Waals surface area contributed by atoms with Crippen molar-refractivity contribution >= 4 is 16.8 Å². The smallest absolute Gasteiger partial charge is 0.253 e. The van der Waals surface area contributed by atoms with Crippen molar-refractivity contribution in [1.29, 1.82) is 0 Å². The van der Waals surface area contributed by atoms with Crippen LogP contribution >= 0.6 is 0 Å². The molecular formula is C26H38N2O2. The minimum absolute atomic E-state index is 0.0758. The molecule has 4 nitrogen and oxygen atoms in total. The van der Waals surface area contributed by atoms with Gasteiger partial charge in [-0.15, -0.1) is 0 Å². The Morgan fingerprint density at radius 1 is 1.27 bits per heavy atom. The molecular weight excluding hydrogens is 372 g/mol. The van der Waals surface area contributed by atoms with Crippen LogP contribution in [0.1, 0.15) is 82.3 Å². The summed E-state index contributed by atoms with van der Waals surface area (Å²) in [6.07, 6.45) is 7.22. The molecule has 0 saturated heterocycles. The fraction of sp³-hybridized carbons (Fsp3) is 0.654. The van der Waals surface area contributed by atoms with E-state index < -0.39 is 0 Å². The Labute approximate surface area is 181 Å². The molecule has 2 bridgehead atoms. The van der Waals surface area contributed by atoms with Crippen LogP contribution < -0.4 is 10.1 Å². The number of fused-ring (bicyclic) bond motifs is 3. The fourth-order valence-electron chi connectivity index (χ4n) is 6.62. The third-order valence-electron chi connectivity index (χ3n) is 8.28. The molecule has 1 amide bonds. The molecule has 2 aromatic rings. The molecule has 0 aliphatic heterocycles. The van der Waals surface area contributed by atoms with Crippen LogP contribution in [-0.2, 0) is 6.54 Å². The molecule has 1 heterocycles. The standard InChI is InChI=1S/C26H38N2O2/c1-7-8-9-15-28-17(2)21(19-11-10-12-20(30-6)22(19)28)23(29)27-24-25(3,4)18-13-14-26(24,5)16-18/h10-12,18,24H,7-9,13-16H2,1-6H3,(H,27,29)/t18-,24?,26+/m1/s1. The molecule has 1 aromatic carbocycles. The summed E-state index contributed by atoms with van der Waals surface area (Å²) in [5.74, 6) is 1.63. The minimum Gasteiger partial charge on any atom is -0.495 e. The molecule has 164 valence electrons. The summed E-state index contributed by atoms with van der Waals surface area (Å²) >= 11 is 0. The highest BCUT2D eigenvalue weighted by atomic mass is 16.5. The van der Waals surface area contributed by atoms with E-state index in [9.17, 15) is 4.79 Å². The van der Waals surface area contributed by atoms with E-state index >= 15 is 0 Å². The first-order valence-corrected chi connectivity index (χ1v) is 11.7. The number of methoxy groups -OCH3 is 1. The summed E-state index contributed by atoms with van der Waals surface area (Å²) < 4.78 is 7.99. The van der Waals surface area contributed by atoms with Gasteiger partial charge in [0.15, 0.2) is 0 Å². The van der Waals surface area contributed by atoms with E-state index in [-0.39, 0.29) is 22.8 Å². The zero-order chi connectivity index (χ0) is 21.7. The molecule has 3 atom stereocenters. The molecule has 4 rings (SSSR count). The van der Waals surface area contributed by atoms with Gasteiger partial charge in [-0.05, 0) is 55.4 Å². The molecule has 0 spiro atoms. The highest BCUT2D eigenvalue weighted by Gasteiger charge is 2.59. The average molecular weight is 411 g/mol. The number of ether oxygens (including phenoxy) is 1. The summed E-state index contributed by atoms with van der Waals surface area (Å²) in [5.41, 5.74) is 3.29. The number of rotatable bonds is 7. The Balaban J connectivity index is 1.73. The zero-order valence-corrected chi connectivity index (χ0v) is 19.6. The lowest BCUT2D eigenvalue weighted by Crippen LogP contribution is -2.52. The molecule has 30 heavy (non-hydrogen) atoms. The lowest BCUT2D eigenvalue weighted by Gasteiger charge is -2.43. The maximum atomic E-state index is 13.7. The van der Waals surface area contributed by atoms with E-state index in [1.54, 1.807) is 7.11 Å². The van der Waals surface area contributed by atoms with Gasteiger partial charge in [0, 0.05) is 23.7 Å². The molecule has 2 fully saturated rings. The van der Waals surface area contributed by atoms with Gasteiger partial charge in [-0.2, -0.15) is 0 Å². The van der Waals surface area contributed by atoms with Crippen LogP contribution in [0.25, 0.3) is 10.9 Å². The van der Waals surface area contributed by atoms with Crippen molar-refractivity contribution < 1.29 is 9.53 Å². The predicted molar refractivity (Wildman–Crippen MR) is 123 cm³/mol. The van der Waals surface area contributed by atoms with E-state index in [0.29, 0.717) is 5.92 Å². The summed E-state index contributed by atoms with van der Waals surface area (Å²) in [7, 11) is 1.71. The van der Waals surface area contributed by atoms with E-state index in [0.717, 1.165) is 40.9 Å².